The first kappa shape index (κ1) is 15.8. The number of nitrogens with one attached hydrogen (secondary N) is 1. The molecule has 19 heavy (non-hydrogen) atoms. The molecule has 0 saturated heterocycles. The minimum Gasteiger partial charge on any atom is -0.490 e. The molecule has 0 heterocycles. The van der Waals surface area contributed by atoms with Crippen molar-refractivity contribution in [2.75, 3.05) is 13.2 Å². The number of hydrogen-bond donors (Lipinski definition) is 1. The second-order valence-electron chi connectivity index (χ2n) is 5.37. The van der Waals surface area contributed by atoms with Crippen molar-refractivity contribution in [3.8, 4) is 11.5 Å². The van der Waals surface area contributed by atoms with E-state index in [1.54, 1.807) is 0 Å². The third-order valence-corrected chi connectivity index (χ3v) is 2.58. The van der Waals surface area contributed by atoms with Crippen LogP contribution in [0.4, 0.5) is 0 Å². The predicted octanol–water partition coefficient (Wildman–Crippen LogP) is 3.62. The maximum atomic E-state index is 5.92. The molecule has 1 N–H and O–H groups in total. The van der Waals surface area contributed by atoms with Gasteiger partial charge in [0.15, 0.2) is 11.5 Å². The first-order valence-electron chi connectivity index (χ1n) is 7.16. The molecule has 1 aromatic carbocycles. The summed E-state index contributed by atoms with van der Waals surface area (Å²) < 4.78 is 11.6. The van der Waals surface area contributed by atoms with Gasteiger partial charge < -0.3 is 14.8 Å². The van der Waals surface area contributed by atoms with Gasteiger partial charge >= 0.3 is 0 Å². The van der Waals surface area contributed by atoms with Crippen LogP contribution in [0, 0.1) is 5.92 Å². The van der Waals surface area contributed by atoms with Crippen LogP contribution in [0.3, 0.4) is 0 Å². The SMILES string of the molecule is CCOc1cccc(CNCC(C)C)c1OC(C)C. The van der Waals surface area contributed by atoms with Crippen molar-refractivity contribution < 1.29 is 9.47 Å². The summed E-state index contributed by atoms with van der Waals surface area (Å²) in [6.07, 6.45) is 0.144. The average Bonchev–Trinajstić information content (AvgIpc) is 2.32. The Morgan fingerprint density at radius 1 is 1.16 bits per heavy atom. The summed E-state index contributed by atoms with van der Waals surface area (Å²) in [5.74, 6) is 2.35. The van der Waals surface area contributed by atoms with Gasteiger partial charge in [-0.2, -0.15) is 0 Å². The Bertz CT molecular complexity index is 375. The maximum absolute atomic E-state index is 5.92. The van der Waals surface area contributed by atoms with E-state index in [1.165, 1.54) is 0 Å². The molecule has 0 unspecified atom stereocenters. The fourth-order valence-electron chi connectivity index (χ4n) is 1.83. The highest BCUT2D eigenvalue weighted by Crippen LogP contribution is 2.32. The van der Waals surface area contributed by atoms with Gasteiger partial charge in [0, 0.05) is 12.1 Å². The molecule has 0 saturated carbocycles. The Balaban J connectivity index is 2.84. The molecule has 0 amide bonds. The van der Waals surface area contributed by atoms with Crippen molar-refractivity contribution in [3.63, 3.8) is 0 Å². The van der Waals surface area contributed by atoms with E-state index in [9.17, 15) is 0 Å². The van der Waals surface area contributed by atoms with E-state index >= 15 is 0 Å². The molecule has 0 aliphatic heterocycles. The molecule has 0 atom stereocenters. The first-order valence-corrected chi connectivity index (χ1v) is 7.16. The highest BCUT2D eigenvalue weighted by atomic mass is 16.5. The van der Waals surface area contributed by atoms with Gasteiger partial charge in [0.2, 0.25) is 0 Å². The minimum absolute atomic E-state index is 0.144. The molecule has 0 aliphatic carbocycles. The van der Waals surface area contributed by atoms with Crippen molar-refractivity contribution in [3.05, 3.63) is 23.8 Å². The quantitative estimate of drug-likeness (QED) is 0.778. The zero-order chi connectivity index (χ0) is 14.3. The van der Waals surface area contributed by atoms with E-state index in [-0.39, 0.29) is 6.10 Å². The number of benzene rings is 1. The Hall–Kier alpha value is -1.22. The molecule has 0 fully saturated rings. The van der Waals surface area contributed by atoms with Gasteiger partial charge in [0.25, 0.3) is 0 Å². The summed E-state index contributed by atoms with van der Waals surface area (Å²) in [5.41, 5.74) is 1.15. The van der Waals surface area contributed by atoms with Gasteiger partial charge in [-0.05, 0) is 39.3 Å². The largest absolute Gasteiger partial charge is 0.490 e. The molecule has 0 aromatic heterocycles. The summed E-state index contributed by atoms with van der Waals surface area (Å²) >= 11 is 0. The zero-order valence-electron chi connectivity index (χ0n) is 12.8. The number of para-hydroxylation sites is 1. The van der Waals surface area contributed by atoms with Gasteiger partial charge in [-0.25, -0.2) is 0 Å². The van der Waals surface area contributed by atoms with Gasteiger partial charge in [0.1, 0.15) is 0 Å². The van der Waals surface area contributed by atoms with E-state index in [2.05, 4.69) is 25.2 Å². The molecule has 0 radical (unpaired) electrons. The second-order valence-corrected chi connectivity index (χ2v) is 5.37. The van der Waals surface area contributed by atoms with Gasteiger partial charge in [-0.15, -0.1) is 0 Å². The molecule has 0 aliphatic rings. The fourth-order valence-corrected chi connectivity index (χ4v) is 1.83. The second kappa shape index (κ2) is 8.05. The third kappa shape index (κ3) is 5.52. The first-order chi connectivity index (χ1) is 9.04. The van der Waals surface area contributed by atoms with Gasteiger partial charge in [-0.1, -0.05) is 26.0 Å². The molecule has 0 bridgehead atoms. The van der Waals surface area contributed by atoms with Crippen LogP contribution in [-0.2, 0) is 6.54 Å². The normalized spacial score (nSPS) is 11.1. The Morgan fingerprint density at radius 3 is 2.47 bits per heavy atom. The Morgan fingerprint density at radius 2 is 1.89 bits per heavy atom. The van der Waals surface area contributed by atoms with Crippen LogP contribution in [0.2, 0.25) is 0 Å². The lowest BCUT2D eigenvalue weighted by molar-refractivity contribution is 0.221. The lowest BCUT2D eigenvalue weighted by atomic mass is 10.1. The van der Waals surface area contributed by atoms with E-state index in [0.29, 0.717) is 12.5 Å². The van der Waals surface area contributed by atoms with Gasteiger partial charge in [-0.3, -0.25) is 0 Å². The summed E-state index contributed by atoms with van der Waals surface area (Å²) in [4.78, 5) is 0. The molecule has 3 nitrogen and oxygen atoms in total. The third-order valence-electron chi connectivity index (χ3n) is 2.58. The van der Waals surface area contributed by atoms with E-state index in [4.69, 9.17) is 9.47 Å². The monoisotopic (exact) mass is 265 g/mol. The summed E-state index contributed by atoms with van der Waals surface area (Å²) in [5, 5.41) is 3.45. The van der Waals surface area contributed by atoms with Crippen LogP contribution in [0.25, 0.3) is 0 Å². The van der Waals surface area contributed by atoms with E-state index < -0.39 is 0 Å². The Kier molecular flexibility index (Phi) is 6.71. The van der Waals surface area contributed by atoms with Crippen LogP contribution in [0.5, 0.6) is 11.5 Å². The molecular weight excluding hydrogens is 238 g/mol. The molecule has 1 aromatic rings. The molecule has 1 rings (SSSR count). The Labute approximate surface area is 117 Å². The van der Waals surface area contributed by atoms with Crippen molar-refractivity contribution >= 4 is 0 Å². The van der Waals surface area contributed by atoms with Crippen LogP contribution in [-0.4, -0.2) is 19.3 Å². The smallest absolute Gasteiger partial charge is 0.166 e. The minimum atomic E-state index is 0.144. The summed E-state index contributed by atoms with van der Waals surface area (Å²) in [6, 6.07) is 6.07. The van der Waals surface area contributed by atoms with Crippen LogP contribution in [0.15, 0.2) is 18.2 Å². The fraction of sp³-hybridized carbons (Fsp3) is 0.625. The van der Waals surface area contributed by atoms with Crippen molar-refractivity contribution in [2.45, 2.75) is 47.3 Å². The number of rotatable bonds is 8. The number of ether oxygens (including phenoxy) is 2. The van der Waals surface area contributed by atoms with Crippen molar-refractivity contribution in [1.82, 2.24) is 5.32 Å². The predicted molar refractivity (Wildman–Crippen MR) is 79.9 cm³/mol. The number of hydrogen-bond acceptors (Lipinski definition) is 3. The van der Waals surface area contributed by atoms with Crippen molar-refractivity contribution in [2.24, 2.45) is 5.92 Å². The van der Waals surface area contributed by atoms with Crippen molar-refractivity contribution in [1.29, 1.82) is 0 Å². The van der Waals surface area contributed by atoms with Crippen LogP contribution >= 0.6 is 0 Å². The summed E-state index contributed by atoms with van der Waals surface area (Å²) in [6.45, 7) is 12.9. The average molecular weight is 265 g/mol. The molecule has 3 heteroatoms. The van der Waals surface area contributed by atoms with E-state index in [0.717, 1.165) is 30.2 Å². The lowest BCUT2D eigenvalue weighted by Crippen LogP contribution is -2.20. The van der Waals surface area contributed by atoms with E-state index in [1.807, 2.05) is 32.9 Å². The standard InChI is InChI=1S/C16H27NO2/c1-6-18-15-9-7-8-14(11-17-10-12(2)3)16(15)19-13(4)5/h7-9,12-13,17H,6,10-11H2,1-5H3. The maximum Gasteiger partial charge on any atom is 0.166 e. The molecular formula is C16H27NO2. The van der Waals surface area contributed by atoms with Crippen LogP contribution in [0.1, 0.15) is 40.2 Å². The van der Waals surface area contributed by atoms with Crippen LogP contribution < -0.4 is 14.8 Å². The lowest BCUT2D eigenvalue weighted by Gasteiger charge is -2.18. The topological polar surface area (TPSA) is 30.5 Å². The summed E-state index contributed by atoms with van der Waals surface area (Å²) in [7, 11) is 0. The van der Waals surface area contributed by atoms with Gasteiger partial charge in [0.05, 0.1) is 12.7 Å². The molecule has 108 valence electrons. The highest BCUT2D eigenvalue weighted by molar-refractivity contribution is 5.46. The zero-order valence-corrected chi connectivity index (χ0v) is 12.8. The molecule has 0 spiro atoms. The highest BCUT2D eigenvalue weighted by Gasteiger charge is 2.12.